The predicted octanol–water partition coefficient (Wildman–Crippen LogP) is 6.56. The molecule has 0 aliphatic heterocycles. The van der Waals surface area contributed by atoms with Crippen LogP contribution in [0.2, 0.25) is 0 Å². The van der Waals surface area contributed by atoms with Crippen molar-refractivity contribution in [2.24, 2.45) is 0 Å². The minimum absolute atomic E-state index is 0.136. The molecule has 2 aromatic carbocycles. The number of aromatic nitrogens is 1. The third kappa shape index (κ3) is 4.67. The molecule has 0 bridgehead atoms. The molecule has 29 heavy (non-hydrogen) atoms. The molecule has 3 rings (SSSR count). The zero-order chi connectivity index (χ0) is 20.8. The molecule has 0 aliphatic rings. The van der Waals surface area contributed by atoms with Crippen LogP contribution < -0.4 is 0 Å². The highest BCUT2D eigenvalue weighted by atomic mass is 16.2. The summed E-state index contributed by atoms with van der Waals surface area (Å²) < 4.78 is 0. The average molecular weight is 389 g/mol. The third-order valence-corrected chi connectivity index (χ3v) is 5.53. The number of unbranched alkanes of at least 4 members (excludes halogenated alkanes) is 2. The topological polar surface area (TPSA) is 33.2 Å². The van der Waals surface area contributed by atoms with E-state index in [0.717, 1.165) is 72.1 Å². The second-order valence-electron chi connectivity index (χ2n) is 7.84. The SMILES string of the molecule is CCCCN(CCCC)C(=O)c1c(C)c(-c2ccc(C)cc2)nc2ccccc12. The van der Waals surface area contributed by atoms with Crippen molar-refractivity contribution in [3.05, 3.63) is 65.2 Å². The van der Waals surface area contributed by atoms with Crippen LogP contribution in [0.3, 0.4) is 0 Å². The molecular weight excluding hydrogens is 356 g/mol. The van der Waals surface area contributed by atoms with Gasteiger partial charge in [-0.3, -0.25) is 4.79 Å². The van der Waals surface area contributed by atoms with Crippen LogP contribution in [-0.2, 0) is 0 Å². The average Bonchev–Trinajstić information content (AvgIpc) is 2.74. The smallest absolute Gasteiger partial charge is 0.254 e. The molecule has 3 heteroatoms. The van der Waals surface area contributed by atoms with E-state index in [1.807, 2.05) is 36.1 Å². The van der Waals surface area contributed by atoms with Gasteiger partial charge in [-0.05, 0) is 38.3 Å². The van der Waals surface area contributed by atoms with Gasteiger partial charge in [-0.15, -0.1) is 0 Å². The van der Waals surface area contributed by atoms with Crippen molar-refractivity contribution in [1.82, 2.24) is 9.88 Å². The molecule has 1 aromatic heterocycles. The Bertz CT molecular complexity index is 968. The van der Waals surface area contributed by atoms with Gasteiger partial charge in [-0.2, -0.15) is 0 Å². The second-order valence-corrected chi connectivity index (χ2v) is 7.84. The van der Waals surface area contributed by atoms with E-state index in [-0.39, 0.29) is 5.91 Å². The van der Waals surface area contributed by atoms with Crippen LogP contribution in [0.5, 0.6) is 0 Å². The molecule has 0 spiro atoms. The molecule has 0 N–H and O–H groups in total. The van der Waals surface area contributed by atoms with Crippen molar-refractivity contribution in [2.75, 3.05) is 13.1 Å². The van der Waals surface area contributed by atoms with Gasteiger partial charge in [0, 0.05) is 24.0 Å². The van der Waals surface area contributed by atoms with Crippen molar-refractivity contribution < 1.29 is 4.79 Å². The lowest BCUT2D eigenvalue weighted by molar-refractivity contribution is 0.0752. The van der Waals surface area contributed by atoms with Crippen molar-refractivity contribution in [3.8, 4) is 11.3 Å². The number of carbonyl (C=O) groups excluding carboxylic acids is 1. The summed E-state index contributed by atoms with van der Waals surface area (Å²) >= 11 is 0. The Kier molecular flexibility index (Phi) is 7.03. The molecule has 1 heterocycles. The number of aryl methyl sites for hydroxylation is 1. The first-order valence-electron chi connectivity index (χ1n) is 10.8. The fourth-order valence-corrected chi connectivity index (χ4v) is 3.75. The van der Waals surface area contributed by atoms with Gasteiger partial charge < -0.3 is 4.90 Å². The molecule has 0 radical (unpaired) electrons. The van der Waals surface area contributed by atoms with Gasteiger partial charge in [0.1, 0.15) is 0 Å². The minimum atomic E-state index is 0.136. The molecule has 0 aliphatic carbocycles. The number of rotatable bonds is 8. The Balaban J connectivity index is 2.15. The summed E-state index contributed by atoms with van der Waals surface area (Å²) in [5.74, 6) is 0.136. The van der Waals surface area contributed by atoms with Crippen LogP contribution in [0, 0.1) is 13.8 Å². The molecule has 0 unspecified atom stereocenters. The van der Waals surface area contributed by atoms with Crippen molar-refractivity contribution in [3.63, 3.8) is 0 Å². The highest BCUT2D eigenvalue weighted by Crippen LogP contribution is 2.31. The van der Waals surface area contributed by atoms with E-state index in [9.17, 15) is 4.79 Å². The largest absolute Gasteiger partial charge is 0.339 e. The summed E-state index contributed by atoms with van der Waals surface area (Å²) in [6.45, 7) is 10.1. The van der Waals surface area contributed by atoms with Crippen LogP contribution in [0.15, 0.2) is 48.5 Å². The fraction of sp³-hybridized carbons (Fsp3) is 0.385. The number of hydrogen-bond donors (Lipinski definition) is 0. The molecule has 0 fully saturated rings. The Morgan fingerprint density at radius 3 is 2.14 bits per heavy atom. The fourth-order valence-electron chi connectivity index (χ4n) is 3.75. The van der Waals surface area contributed by atoms with Gasteiger partial charge in [-0.1, -0.05) is 74.7 Å². The number of benzene rings is 2. The number of fused-ring (bicyclic) bond motifs is 1. The van der Waals surface area contributed by atoms with Crippen molar-refractivity contribution in [1.29, 1.82) is 0 Å². The van der Waals surface area contributed by atoms with Crippen LogP contribution in [0.25, 0.3) is 22.2 Å². The summed E-state index contributed by atoms with van der Waals surface area (Å²) in [5, 5.41) is 0.948. The van der Waals surface area contributed by atoms with Gasteiger partial charge in [0.25, 0.3) is 5.91 Å². The van der Waals surface area contributed by atoms with E-state index >= 15 is 0 Å². The van der Waals surface area contributed by atoms with Crippen LogP contribution in [0.1, 0.15) is 61.0 Å². The van der Waals surface area contributed by atoms with E-state index in [0.29, 0.717) is 0 Å². The zero-order valence-electron chi connectivity index (χ0n) is 18.2. The van der Waals surface area contributed by atoms with Gasteiger partial charge in [0.2, 0.25) is 0 Å². The number of carbonyl (C=O) groups is 1. The van der Waals surface area contributed by atoms with Gasteiger partial charge in [-0.25, -0.2) is 4.98 Å². The van der Waals surface area contributed by atoms with E-state index in [2.05, 4.69) is 45.0 Å². The molecule has 0 atom stereocenters. The predicted molar refractivity (Wildman–Crippen MR) is 122 cm³/mol. The first-order chi connectivity index (χ1) is 14.1. The minimum Gasteiger partial charge on any atom is -0.339 e. The van der Waals surface area contributed by atoms with Crippen LogP contribution in [-0.4, -0.2) is 28.9 Å². The molecule has 0 saturated heterocycles. The quantitative estimate of drug-likeness (QED) is 0.438. The van der Waals surface area contributed by atoms with Gasteiger partial charge in [0.15, 0.2) is 0 Å². The third-order valence-electron chi connectivity index (χ3n) is 5.53. The zero-order valence-corrected chi connectivity index (χ0v) is 18.2. The molecular formula is C26H32N2O. The lowest BCUT2D eigenvalue weighted by Crippen LogP contribution is -2.33. The van der Waals surface area contributed by atoms with Crippen LogP contribution >= 0.6 is 0 Å². The number of para-hydroxylation sites is 1. The highest BCUT2D eigenvalue weighted by Gasteiger charge is 2.23. The van der Waals surface area contributed by atoms with Crippen molar-refractivity contribution >= 4 is 16.8 Å². The summed E-state index contributed by atoms with van der Waals surface area (Å²) in [5.41, 5.74) is 5.82. The number of pyridine rings is 1. The molecule has 0 saturated carbocycles. The Morgan fingerprint density at radius 1 is 0.897 bits per heavy atom. The lowest BCUT2D eigenvalue weighted by Gasteiger charge is -2.25. The normalized spacial score (nSPS) is 11.0. The van der Waals surface area contributed by atoms with E-state index < -0.39 is 0 Å². The summed E-state index contributed by atoms with van der Waals surface area (Å²) in [4.78, 5) is 20.7. The summed E-state index contributed by atoms with van der Waals surface area (Å²) in [6.07, 6.45) is 4.23. The maximum atomic E-state index is 13.7. The maximum absolute atomic E-state index is 13.7. The van der Waals surface area contributed by atoms with Crippen LogP contribution in [0.4, 0.5) is 0 Å². The monoisotopic (exact) mass is 388 g/mol. The number of hydrogen-bond acceptors (Lipinski definition) is 2. The van der Waals surface area contributed by atoms with E-state index in [1.54, 1.807) is 0 Å². The first kappa shape index (κ1) is 21.0. The van der Waals surface area contributed by atoms with Gasteiger partial charge >= 0.3 is 0 Å². The Labute approximate surface area is 174 Å². The van der Waals surface area contributed by atoms with Crippen molar-refractivity contribution in [2.45, 2.75) is 53.4 Å². The second kappa shape index (κ2) is 9.69. The Morgan fingerprint density at radius 2 is 1.52 bits per heavy atom. The molecule has 1 amide bonds. The molecule has 152 valence electrons. The summed E-state index contributed by atoms with van der Waals surface area (Å²) in [6, 6.07) is 16.4. The molecule has 3 nitrogen and oxygen atoms in total. The molecule has 3 aromatic rings. The number of nitrogens with zero attached hydrogens (tertiary/aromatic N) is 2. The highest BCUT2D eigenvalue weighted by molar-refractivity contribution is 6.08. The first-order valence-corrected chi connectivity index (χ1v) is 10.8. The number of amides is 1. The van der Waals surface area contributed by atoms with E-state index in [4.69, 9.17) is 4.98 Å². The standard InChI is InChI=1S/C26H32N2O/c1-5-7-17-28(18-8-6-2)26(29)24-20(4)25(21-15-13-19(3)14-16-21)27-23-12-10-9-11-22(23)24/h9-16H,5-8,17-18H2,1-4H3. The Hall–Kier alpha value is -2.68. The summed E-state index contributed by atoms with van der Waals surface area (Å²) in [7, 11) is 0. The van der Waals surface area contributed by atoms with E-state index in [1.165, 1.54) is 5.56 Å². The lowest BCUT2D eigenvalue weighted by atomic mass is 9.96. The maximum Gasteiger partial charge on any atom is 0.254 e. The van der Waals surface area contributed by atoms with Gasteiger partial charge in [0.05, 0.1) is 16.8 Å².